The van der Waals surface area contributed by atoms with Crippen LogP contribution in [-0.2, 0) is 0 Å². The molecule has 0 unspecified atom stereocenters. The lowest BCUT2D eigenvalue weighted by molar-refractivity contribution is 1.11. The smallest absolute Gasteiger partial charge is 0.156 e. The summed E-state index contributed by atoms with van der Waals surface area (Å²) < 4.78 is 0.880. The Bertz CT molecular complexity index is 527. The maximum Gasteiger partial charge on any atom is 0.156 e. The first kappa shape index (κ1) is 12.5. The maximum absolute atomic E-state index is 6.01. The predicted octanol–water partition coefficient (Wildman–Crippen LogP) is 4.96. The predicted molar refractivity (Wildman–Crippen MR) is 70.2 cm³/mol. The highest BCUT2D eigenvalue weighted by Gasteiger charge is 2.11. The van der Waals surface area contributed by atoms with Gasteiger partial charge in [-0.2, -0.15) is 0 Å². The molecule has 0 bridgehead atoms. The Labute approximate surface area is 116 Å². The molecule has 0 aliphatic rings. The molecule has 0 amide bonds. The number of hydrogen-bond acceptors (Lipinski definition) is 4. The quantitative estimate of drug-likeness (QED) is 0.733. The van der Waals surface area contributed by atoms with Gasteiger partial charge in [-0.25, -0.2) is 9.97 Å². The van der Waals surface area contributed by atoms with Crippen LogP contribution in [0.2, 0.25) is 15.2 Å². The fraction of sp³-hybridized carbons (Fsp3) is 0.111. The Morgan fingerprint density at radius 3 is 2.56 bits per heavy atom. The number of rotatable bonds is 2. The molecule has 2 heterocycles. The van der Waals surface area contributed by atoms with Crippen LogP contribution in [0.4, 0.5) is 0 Å². The third kappa shape index (κ3) is 2.81. The van der Waals surface area contributed by atoms with Crippen molar-refractivity contribution in [3.05, 3.63) is 32.3 Å². The van der Waals surface area contributed by atoms with E-state index >= 15 is 0 Å². The summed E-state index contributed by atoms with van der Waals surface area (Å²) in [6.45, 7) is 1.93. The van der Waals surface area contributed by atoms with Crippen LogP contribution in [-0.4, -0.2) is 9.97 Å². The standard InChI is InChI=1S/C9H5Cl3N2S2/c1-4-3-15-9(13-4)16-8-6(11)2-5(10)7(12)14-8/h2-3H,1H3. The van der Waals surface area contributed by atoms with Gasteiger partial charge in [-0.05, 0) is 24.8 Å². The molecular weight excluding hydrogens is 307 g/mol. The summed E-state index contributed by atoms with van der Waals surface area (Å²) in [5.74, 6) is 0. The lowest BCUT2D eigenvalue weighted by atomic mass is 10.5. The molecule has 0 atom stereocenters. The minimum atomic E-state index is 0.252. The van der Waals surface area contributed by atoms with Crippen LogP contribution in [0, 0.1) is 6.92 Å². The Hall–Kier alpha value is -0.000000000000000111. The van der Waals surface area contributed by atoms with E-state index in [1.165, 1.54) is 11.8 Å². The summed E-state index contributed by atoms with van der Waals surface area (Å²) in [5.41, 5.74) is 0.976. The van der Waals surface area contributed by atoms with E-state index in [4.69, 9.17) is 34.8 Å². The minimum Gasteiger partial charge on any atom is -0.235 e. The van der Waals surface area contributed by atoms with Crippen LogP contribution in [0.25, 0.3) is 0 Å². The SMILES string of the molecule is Cc1csc(Sc2nc(Cl)c(Cl)cc2Cl)n1. The van der Waals surface area contributed by atoms with Crippen LogP contribution >= 0.6 is 57.9 Å². The molecule has 0 N–H and O–H groups in total. The molecule has 0 aliphatic heterocycles. The fourth-order valence-corrected chi connectivity index (χ4v) is 3.37. The lowest BCUT2D eigenvalue weighted by Gasteiger charge is -2.02. The monoisotopic (exact) mass is 310 g/mol. The van der Waals surface area contributed by atoms with Gasteiger partial charge in [0.25, 0.3) is 0 Å². The minimum absolute atomic E-state index is 0.252. The van der Waals surface area contributed by atoms with Crippen molar-refractivity contribution in [1.82, 2.24) is 9.97 Å². The molecule has 0 aliphatic carbocycles. The molecule has 2 nitrogen and oxygen atoms in total. The van der Waals surface area contributed by atoms with Crippen LogP contribution in [0.15, 0.2) is 20.8 Å². The number of thiazole rings is 1. The van der Waals surface area contributed by atoms with Crippen molar-refractivity contribution in [2.24, 2.45) is 0 Å². The molecule has 0 saturated heterocycles. The Balaban J connectivity index is 2.31. The van der Waals surface area contributed by atoms with Gasteiger partial charge in [-0.3, -0.25) is 0 Å². The largest absolute Gasteiger partial charge is 0.235 e. The number of aromatic nitrogens is 2. The van der Waals surface area contributed by atoms with Crippen LogP contribution in [0.5, 0.6) is 0 Å². The molecule has 0 fully saturated rings. The average Bonchev–Trinajstić information content (AvgIpc) is 2.60. The van der Waals surface area contributed by atoms with Crippen molar-refractivity contribution in [3.8, 4) is 0 Å². The van der Waals surface area contributed by atoms with Gasteiger partial charge in [-0.15, -0.1) is 11.3 Å². The Morgan fingerprint density at radius 1 is 1.19 bits per heavy atom. The van der Waals surface area contributed by atoms with Gasteiger partial charge in [0.1, 0.15) is 10.2 Å². The molecule has 0 radical (unpaired) electrons. The molecule has 7 heteroatoms. The maximum atomic E-state index is 6.01. The van der Waals surface area contributed by atoms with Crippen LogP contribution < -0.4 is 0 Å². The Morgan fingerprint density at radius 2 is 1.94 bits per heavy atom. The number of halogens is 3. The summed E-state index contributed by atoms with van der Waals surface area (Å²) >= 11 is 20.5. The van der Waals surface area contributed by atoms with Crippen LogP contribution in [0.3, 0.4) is 0 Å². The van der Waals surface area contributed by atoms with Crippen molar-refractivity contribution >= 4 is 57.9 Å². The number of nitrogens with zero attached hydrogens (tertiary/aromatic N) is 2. The van der Waals surface area contributed by atoms with Gasteiger partial charge in [0.05, 0.1) is 10.0 Å². The zero-order valence-electron chi connectivity index (χ0n) is 8.00. The van der Waals surface area contributed by atoms with E-state index in [0.717, 1.165) is 10.0 Å². The van der Waals surface area contributed by atoms with Gasteiger partial charge in [-0.1, -0.05) is 34.8 Å². The van der Waals surface area contributed by atoms with E-state index in [-0.39, 0.29) is 5.15 Å². The molecular formula is C9H5Cl3N2S2. The fourth-order valence-electron chi connectivity index (χ4n) is 0.962. The van der Waals surface area contributed by atoms with Crippen molar-refractivity contribution in [1.29, 1.82) is 0 Å². The first-order chi connectivity index (χ1) is 7.56. The average molecular weight is 312 g/mol. The third-order valence-electron chi connectivity index (χ3n) is 1.64. The van der Waals surface area contributed by atoms with Crippen molar-refractivity contribution in [2.75, 3.05) is 0 Å². The molecule has 0 spiro atoms. The van der Waals surface area contributed by atoms with Crippen LogP contribution in [0.1, 0.15) is 5.69 Å². The first-order valence-corrected chi connectivity index (χ1v) is 7.01. The third-order valence-corrected chi connectivity index (χ3v) is 4.77. The molecule has 0 aromatic carbocycles. The van der Waals surface area contributed by atoms with Gasteiger partial charge < -0.3 is 0 Å². The van der Waals surface area contributed by atoms with Gasteiger partial charge >= 0.3 is 0 Å². The summed E-state index contributed by atoms with van der Waals surface area (Å²) in [6, 6.07) is 1.58. The van der Waals surface area contributed by atoms with E-state index < -0.39 is 0 Å². The highest BCUT2D eigenvalue weighted by atomic mass is 35.5. The van der Waals surface area contributed by atoms with Crippen molar-refractivity contribution in [2.45, 2.75) is 16.3 Å². The van der Waals surface area contributed by atoms with Crippen molar-refractivity contribution in [3.63, 3.8) is 0 Å². The van der Waals surface area contributed by atoms with Gasteiger partial charge in [0.15, 0.2) is 4.34 Å². The molecule has 2 aromatic heterocycles. The summed E-state index contributed by atoms with van der Waals surface area (Å²) in [5, 5.41) is 3.67. The zero-order valence-corrected chi connectivity index (χ0v) is 11.9. The normalized spacial score (nSPS) is 10.8. The highest BCUT2D eigenvalue weighted by molar-refractivity contribution is 8.01. The second kappa shape index (κ2) is 5.10. The molecule has 2 rings (SSSR count). The van der Waals surface area contributed by atoms with E-state index in [2.05, 4.69) is 9.97 Å². The highest BCUT2D eigenvalue weighted by Crippen LogP contribution is 2.36. The Kier molecular flexibility index (Phi) is 3.97. The summed E-state index contributed by atoms with van der Waals surface area (Å²) in [7, 11) is 0. The van der Waals surface area contributed by atoms with E-state index in [0.29, 0.717) is 15.1 Å². The molecule has 2 aromatic rings. The topological polar surface area (TPSA) is 25.8 Å². The van der Waals surface area contributed by atoms with Gasteiger partial charge in [0, 0.05) is 11.1 Å². The summed E-state index contributed by atoms with van der Waals surface area (Å²) in [6.07, 6.45) is 0. The zero-order chi connectivity index (χ0) is 11.7. The number of aryl methyl sites for hydroxylation is 1. The first-order valence-electron chi connectivity index (χ1n) is 4.18. The molecule has 84 valence electrons. The van der Waals surface area contributed by atoms with Crippen molar-refractivity contribution < 1.29 is 0 Å². The summed E-state index contributed by atoms with van der Waals surface area (Å²) in [4.78, 5) is 8.41. The van der Waals surface area contributed by atoms with Gasteiger partial charge in [0.2, 0.25) is 0 Å². The molecule has 16 heavy (non-hydrogen) atoms. The lowest BCUT2D eigenvalue weighted by Crippen LogP contribution is -1.84. The van der Waals surface area contributed by atoms with E-state index in [1.54, 1.807) is 17.4 Å². The number of pyridine rings is 1. The second-order valence-electron chi connectivity index (χ2n) is 2.90. The van der Waals surface area contributed by atoms with E-state index in [9.17, 15) is 0 Å². The number of hydrogen-bond donors (Lipinski definition) is 0. The molecule has 0 saturated carbocycles. The van der Waals surface area contributed by atoms with E-state index in [1.807, 2.05) is 12.3 Å². The second-order valence-corrected chi connectivity index (χ2v) is 6.17.